The molecule has 1 N–H and O–H groups in total. The normalized spacial score (nSPS) is 12.4. The zero-order chi connectivity index (χ0) is 12.8. The lowest BCUT2D eigenvalue weighted by molar-refractivity contribution is 0.130. The average Bonchev–Trinajstić information content (AvgIpc) is 1.98. The second kappa shape index (κ2) is 6.12. The maximum Gasteiger partial charge on any atom is 0.407 e. The fourth-order valence-corrected chi connectivity index (χ4v) is 1.04. The molecule has 0 saturated heterocycles. The molecule has 0 unspecified atom stereocenters. The summed E-state index contributed by atoms with van der Waals surface area (Å²) in [5.41, 5.74) is 0.463. The summed E-state index contributed by atoms with van der Waals surface area (Å²) in [6.07, 6.45) is 1.55. The highest BCUT2D eigenvalue weighted by Crippen LogP contribution is 2.18. The Balaban J connectivity index is 3.53. The number of ether oxygens (including phenoxy) is 1. The van der Waals surface area contributed by atoms with Gasteiger partial charge in [-0.25, -0.2) is 4.79 Å². The van der Waals surface area contributed by atoms with Crippen LogP contribution in [0.4, 0.5) is 4.79 Å². The molecule has 0 radical (unpaired) electrons. The zero-order valence-corrected chi connectivity index (χ0v) is 11.6. The number of nitrogens with one attached hydrogen (secondary N) is 1. The molecular weight excluding hydrogens is 202 g/mol. The van der Waals surface area contributed by atoms with E-state index in [0.717, 1.165) is 12.8 Å². The fourth-order valence-electron chi connectivity index (χ4n) is 1.04. The lowest BCUT2D eigenvalue weighted by atomic mass is 9.92. The van der Waals surface area contributed by atoms with Crippen LogP contribution >= 0.6 is 0 Å². The molecule has 0 spiro atoms. The van der Waals surface area contributed by atoms with Crippen molar-refractivity contribution < 1.29 is 9.53 Å². The predicted octanol–water partition coefficient (Wildman–Crippen LogP) is 3.59. The second-order valence-corrected chi connectivity index (χ2v) is 6.68. The van der Waals surface area contributed by atoms with Crippen LogP contribution in [0, 0.1) is 10.8 Å². The maximum atomic E-state index is 11.3. The first kappa shape index (κ1) is 15.3. The van der Waals surface area contributed by atoms with Gasteiger partial charge < -0.3 is 10.1 Å². The predicted molar refractivity (Wildman–Crippen MR) is 67.5 cm³/mol. The van der Waals surface area contributed by atoms with Gasteiger partial charge in [0.25, 0.3) is 0 Å². The summed E-state index contributed by atoms with van der Waals surface area (Å²) in [7, 11) is 0. The third-order valence-corrected chi connectivity index (χ3v) is 2.23. The van der Waals surface area contributed by atoms with Gasteiger partial charge in [0.05, 0.1) is 6.61 Å². The molecule has 0 aromatic heterocycles. The topological polar surface area (TPSA) is 38.3 Å². The molecule has 0 atom stereocenters. The molecule has 0 fully saturated rings. The van der Waals surface area contributed by atoms with Crippen LogP contribution < -0.4 is 5.32 Å². The largest absolute Gasteiger partial charge is 0.450 e. The molecule has 0 aliphatic rings. The van der Waals surface area contributed by atoms with Gasteiger partial charge in [-0.15, -0.1) is 0 Å². The highest BCUT2D eigenvalue weighted by molar-refractivity contribution is 5.66. The van der Waals surface area contributed by atoms with Crippen molar-refractivity contribution in [1.29, 1.82) is 0 Å². The summed E-state index contributed by atoms with van der Waals surface area (Å²) in [5.74, 6) is 0. The van der Waals surface area contributed by atoms with E-state index in [0.29, 0.717) is 13.2 Å². The van der Waals surface area contributed by atoms with Crippen LogP contribution in [0.5, 0.6) is 0 Å². The standard InChI is InChI=1S/C13H27NO2/c1-12(2,3)7-9-14-11(15)16-10-8-13(4,5)6/h7-10H2,1-6H3,(H,14,15). The Kier molecular flexibility index (Phi) is 5.84. The van der Waals surface area contributed by atoms with Gasteiger partial charge in [0.1, 0.15) is 0 Å². The van der Waals surface area contributed by atoms with Gasteiger partial charge >= 0.3 is 6.09 Å². The SMILES string of the molecule is CC(C)(C)CCNC(=O)OCCC(C)(C)C. The summed E-state index contributed by atoms with van der Waals surface area (Å²) in [5, 5.41) is 2.76. The fraction of sp³-hybridized carbons (Fsp3) is 0.923. The van der Waals surface area contributed by atoms with Gasteiger partial charge in [-0.3, -0.25) is 0 Å². The highest BCUT2D eigenvalue weighted by atomic mass is 16.5. The van der Waals surface area contributed by atoms with Crippen molar-refractivity contribution in [3.8, 4) is 0 Å². The van der Waals surface area contributed by atoms with Gasteiger partial charge in [0.15, 0.2) is 0 Å². The van der Waals surface area contributed by atoms with E-state index in [1.165, 1.54) is 0 Å². The molecule has 16 heavy (non-hydrogen) atoms. The Morgan fingerprint density at radius 2 is 1.50 bits per heavy atom. The molecule has 0 aromatic rings. The Morgan fingerprint density at radius 1 is 1.00 bits per heavy atom. The summed E-state index contributed by atoms with van der Waals surface area (Å²) < 4.78 is 5.08. The highest BCUT2D eigenvalue weighted by Gasteiger charge is 2.13. The van der Waals surface area contributed by atoms with E-state index >= 15 is 0 Å². The average molecular weight is 229 g/mol. The number of carbonyl (C=O) groups is 1. The molecule has 0 bridgehead atoms. The summed E-state index contributed by atoms with van der Waals surface area (Å²) in [6.45, 7) is 14.0. The number of amides is 1. The first-order valence-corrected chi connectivity index (χ1v) is 6.01. The zero-order valence-electron chi connectivity index (χ0n) is 11.6. The molecule has 0 aliphatic heterocycles. The third-order valence-electron chi connectivity index (χ3n) is 2.23. The van der Waals surface area contributed by atoms with Crippen LogP contribution in [-0.4, -0.2) is 19.2 Å². The minimum atomic E-state index is -0.298. The minimum Gasteiger partial charge on any atom is -0.450 e. The van der Waals surface area contributed by atoms with E-state index in [-0.39, 0.29) is 16.9 Å². The van der Waals surface area contributed by atoms with E-state index in [1.807, 2.05) is 0 Å². The lowest BCUT2D eigenvalue weighted by Gasteiger charge is -2.19. The molecule has 0 aromatic carbocycles. The van der Waals surface area contributed by atoms with Crippen LogP contribution in [0.3, 0.4) is 0 Å². The summed E-state index contributed by atoms with van der Waals surface area (Å²) in [6, 6.07) is 0. The van der Waals surface area contributed by atoms with Crippen LogP contribution in [0.15, 0.2) is 0 Å². The van der Waals surface area contributed by atoms with Gasteiger partial charge in [-0.1, -0.05) is 41.5 Å². The van der Waals surface area contributed by atoms with Crippen LogP contribution in [0.2, 0.25) is 0 Å². The summed E-state index contributed by atoms with van der Waals surface area (Å²) >= 11 is 0. The molecule has 3 heteroatoms. The van der Waals surface area contributed by atoms with Crippen molar-refractivity contribution >= 4 is 6.09 Å². The quantitative estimate of drug-likeness (QED) is 0.800. The van der Waals surface area contributed by atoms with E-state index in [4.69, 9.17) is 4.74 Å². The van der Waals surface area contributed by atoms with Crippen molar-refractivity contribution in [1.82, 2.24) is 5.32 Å². The van der Waals surface area contributed by atoms with Crippen LogP contribution in [0.25, 0.3) is 0 Å². The van der Waals surface area contributed by atoms with Gasteiger partial charge in [-0.2, -0.15) is 0 Å². The molecule has 96 valence electrons. The molecule has 0 heterocycles. The first-order valence-electron chi connectivity index (χ1n) is 6.01. The Labute approximate surface area is 99.9 Å². The third kappa shape index (κ3) is 11.3. The lowest BCUT2D eigenvalue weighted by Crippen LogP contribution is -2.28. The monoisotopic (exact) mass is 229 g/mol. The summed E-state index contributed by atoms with van der Waals surface area (Å²) in [4.78, 5) is 11.3. The first-order chi connectivity index (χ1) is 7.10. The van der Waals surface area contributed by atoms with Gasteiger partial charge in [0.2, 0.25) is 0 Å². The number of hydrogen-bond acceptors (Lipinski definition) is 2. The van der Waals surface area contributed by atoms with E-state index in [2.05, 4.69) is 46.9 Å². The number of hydrogen-bond donors (Lipinski definition) is 1. The number of alkyl carbamates (subject to hydrolysis) is 1. The molecule has 1 amide bonds. The van der Waals surface area contributed by atoms with E-state index < -0.39 is 0 Å². The number of carbonyl (C=O) groups excluding carboxylic acids is 1. The number of rotatable bonds is 4. The minimum absolute atomic E-state index is 0.214. The molecule has 0 saturated carbocycles. The van der Waals surface area contributed by atoms with Crippen molar-refractivity contribution in [2.75, 3.05) is 13.2 Å². The van der Waals surface area contributed by atoms with Crippen molar-refractivity contribution in [2.24, 2.45) is 10.8 Å². The van der Waals surface area contributed by atoms with Gasteiger partial charge in [-0.05, 0) is 23.7 Å². The van der Waals surface area contributed by atoms with Crippen molar-refractivity contribution in [3.05, 3.63) is 0 Å². The van der Waals surface area contributed by atoms with E-state index in [9.17, 15) is 4.79 Å². The maximum absolute atomic E-state index is 11.3. The molecule has 0 aliphatic carbocycles. The van der Waals surface area contributed by atoms with E-state index in [1.54, 1.807) is 0 Å². The van der Waals surface area contributed by atoms with Gasteiger partial charge in [0, 0.05) is 6.54 Å². The molecular formula is C13H27NO2. The Morgan fingerprint density at radius 3 is 1.94 bits per heavy atom. The Bertz CT molecular complexity index is 189. The smallest absolute Gasteiger partial charge is 0.407 e. The van der Waals surface area contributed by atoms with Crippen molar-refractivity contribution in [2.45, 2.75) is 54.4 Å². The second-order valence-electron chi connectivity index (χ2n) is 6.68. The molecule has 0 rings (SSSR count). The van der Waals surface area contributed by atoms with Crippen LogP contribution in [-0.2, 0) is 4.74 Å². The Hall–Kier alpha value is -0.730. The van der Waals surface area contributed by atoms with Crippen molar-refractivity contribution in [3.63, 3.8) is 0 Å². The van der Waals surface area contributed by atoms with Crippen LogP contribution in [0.1, 0.15) is 54.4 Å². The molecule has 3 nitrogen and oxygen atoms in total.